The number of esters is 1. The van der Waals surface area contributed by atoms with Crippen molar-refractivity contribution in [1.82, 2.24) is 9.55 Å². The Morgan fingerprint density at radius 1 is 1.22 bits per heavy atom. The minimum atomic E-state index is -1.53. The Hall–Kier alpha value is -3.10. The molecule has 2 aliphatic heterocycles. The molecule has 2 unspecified atom stereocenters. The first-order valence-corrected chi connectivity index (χ1v) is 12.7. The molecule has 4 heterocycles. The number of benzene rings is 1. The number of pyridine rings is 2. The van der Waals surface area contributed by atoms with Gasteiger partial charge in [-0.2, -0.15) is 0 Å². The number of aliphatic hydroxyl groups is 2. The molecule has 2 atom stereocenters. The number of aliphatic hydroxyl groups excluding tert-OH is 2. The van der Waals surface area contributed by atoms with Gasteiger partial charge in [-0.3, -0.25) is 4.79 Å². The number of carbonyl (C=O) groups excluding carboxylic acids is 1. The number of cyclic esters (lactones) is 1. The zero-order chi connectivity index (χ0) is 25.9. The zero-order valence-electron chi connectivity index (χ0n) is 21.1. The first-order valence-electron chi connectivity index (χ1n) is 12.7. The number of hydrogen-bond donors (Lipinski definition) is 2. The van der Waals surface area contributed by atoms with E-state index in [0.29, 0.717) is 41.9 Å². The first-order chi connectivity index (χ1) is 17.3. The molecule has 1 aromatic carbocycles. The highest BCUT2D eigenvalue weighted by molar-refractivity contribution is 5.93. The van der Waals surface area contributed by atoms with Crippen molar-refractivity contribution in [2.45, 2.75) is 78.0 Å². The molecule has 0 radical (unpaired) electrons. The molecule has 3 aromatic rings. The highest BCUT2D eigenvalue weighted by Crippen LogP contribution is 2.51. The van der Waals surface area contributed by atoms with Crippen LogP contribution >= 0.6 is 0 Å². The molecule has 7 nitrogen and oxygen atoms in total. The number of aryl methyl sites for hydroxylation is 1. The lowest BCUT2D eigenvalue weighted by Gasteiger charge is -2.40. The van der Waals surface area contributed by atoms with E-state index in [1.807, 2.05) is 13.8 Å². The third kappa shape index (κ3) is 3.20. The SMILES string of the molecule is CC.CCC1(CCO)CCc2c(C)c(F)cc3nc4c(c1c23)Cn1c-4cc2c(c1=O)COC(=O)C2O. The normalized spacial score (nSPS) is 21.3. The molecule has 190 valence electrons. The second-order valence-corrected chi connectivity index (χ2v) is 9.64. The number of carbonyl (C=O) groups is 1. The topological polar surface area (TPSA) is 102 Å². The minimum absolute atomic E-state index is 0.0226. The van der Waals surface area contributed by atoms with Crippen LogP contribution < -0.4 is 5.56 Å². The van der Waals surface area contributed by atoms with Gasteiger partial charge in [0.2, 0.25) is 0 Å². The summed E-state index contributed by atoms with van der Waals surface area (Å²) in [7, 11) is 0. The van der Waals surface area contributed by atoms with E-state index in [0.717, 1.165) is 34.9 Å². The number of rotatable bonds is 3. The molecule has 0 fully saturated rings. The largest absolute Gasteiger partial charge is 0.458 e. The third-order valence-electron chi connectivity index (χ3n) is 8.22. The van der Waals surface area contributed by atoms with E-state index in [-0.39, 0.29) is 41.1 Å². The molecule has 6 rings (SSSR count). The summed E-state index contributed by atoms with van der Waals surface area (Å²) in [6.07, 6.45) is 1.30. The van der Waals surface area contributed by atoms with Gasteiger partial charge in [0.25, 0.3) is 5.56 Å². The average molecular weight is 495 g/mol. The van der Waals surface area contributed by atoms with Gasteiger partial charge < -0.3 is 19.5 Å². The van der Waals surface area contributed by atoms with Crippen molar-refractivity contribution in [3.05, 3.63) is 61.7 Å². The van der Waals surface area contributed by atoms with Gasteiger partial charge in [-0.25, -0.2) is 14.2 Å². The number of aromatic nitrogens is 2. The lowest BCUT2D eigenvalue weighted by Crippen LogP contribution is -2.34. The number of ether oxygens (including phenoxy) is 1. The zero-order valence-corrected chi connectivity index (χ0v) is 21.1. The monoisotopic (exact) mass is 494 g/mol. The summed E-state index contributed by atoms with van der Waals surface area (Å²) < 4.78 is 21.5. The van der Waals surface area contributed by atoms with Crippen LogP contribution in [-0.2, 0) is 34.5 Å². The fourth-order valence-corrected chi connectivity index (χ4v) is 6.32. The molecule has 0 spiro atoms. The summed E-state index contributed by atoms with van der Waals surface area (Å²) in [5.41, 5.74) is 4.97. The smallest absolute Gasteiger partial charge is 0.340 e. The molecular weight excluding hydrogens is 463 g/mol. The number of nitrogens with zero attached hydrogens (tertiary/aromatic N) is 2. The van der Waals surface area contributed by atoms with Gasteiger partial charge in [0.15, 0.2) is 6.10 Å². The molecule has 0 saturated heterocycles. The Bertz CT molecular complexity index is 1480. The lowest BCUT2D eigenvalue weighted by atomic mass is 9.64. The van der Waals surface area contributed by atoms with Crippen LogP contribution in [-0.4, -0.2) is 32.3 Å². The molecule has 3 aliphatic rings. The third-order valence-corrected chi connectivity index (χ3v) is 8.22. The van der Waals surface area contributed by atoms with Crippen LogP contribution in [0.1, 0.15) is 79.5 Å². The summed E-state index contributed by atoms with van der Waals surface area (Å²) in [6.45, 7) is 8.03. The molecule has 1 aliphatic carbocycles. The van der Waals surface area contributed by atoms with Crippen molar-refractivity contribution in [3.8, 4) is 11.4 Å². The summed E-state index contributed by atoms with van der Waals surface area (Å²) >= 11 is 0. The molecule has 36 heavy (non-hydrogen) atoms. The molecule has 2 N–H and O–H groups in total. The first kappa shape index (κ1) is 24.6. The predicted octanol–water partition coefficient (Wildman–Crippen LogP) is 3.97. The van der Waals surface area contributed by atoms with Crippen LogP contribution in [0.25, 0.3) is 22.3 Å². The summed E-state index contributed by atoms with van der Waals surface area (Å²) in [5, 5.41) is 21.3. The molecule has 0 saturated carbocycles. The van der Waals surface area contributed by atoms with Crippen molar-refractivity contribution in [1.29, 1.82) is 0 Å². The highest BCUT2D eigenvalue weighted by Gasteiger charge is 2.42. The number of hydrogen-bond acceptors (Lipinski definition) is 6. The van der Waals surface area contributed by atoms with Gasteiger partial charge in [0.05, 0.1) is 29.0 Å². The van der Waals surface area contributed by atoms with E-state index in [9.17, 15) is 24.2 Å². The standard InChI is InChI=1S/C26H25FN2O5.C2H6/c1-3-26(6-7-30)5-4-13-12(2)17(27)9-18-20(13)21(26)15-10-29-19(22(15)28-18)8-14-16(24(29)32)11-34-25(33)23(14)31;1-2/h8-9,23,30-31H,3-7,10-11H2,1-2H3;1-2H3. The van der Waals surface area contributed by atoms with Gasteiger partial charge in [0.1, 0.15) is 12.4 Å². The Morgan fingerprint density at radius 2 is 1.97 bits per heavy atom. The van der Waals surface area contributed by atoms with Crippen LogP contribution in [0.3, 0.4) is 0 Å². The van der Waals surface area contributed by atoms with Crippen molar-refractivity contribution < 1.29 is 24.1 Å². The fraction of sp³-hybridized carbons (Fsp3) is 0.464. The quantitative estimate of drug-likeness (QED) is 0.418. The molecule has 0 amide bonds. The Balaban J connectivity index is 0.00000130. The van der Waals surface area contributed by atoms with Gasteiger partial charge in [-0.15, -0.1) is 0 Å². The fourth-order valence-electron chi connectivity index (χ4n) is 6.32. The van der Waals surface area contributed by atoms with E-state index in [1.165, 1.54) is 6.07 Å². The Morgan fingerprint density at radius 3 is 2.67 bits per heavy atom. The van der Waals surface area contributed by atoms with Crippen LogP contribution in [0.5, 0.6) is 0 Å². The summed E-state index contributed by atoms with van der Waals surface area (Å²) in [5.74, 6) is -1.10. The maximum atomic E-state index is 14.9. The van der Waals surface area contributed by atoms with Gasteiger partial charge in [0, 0.05) is 29.2 Å². The molecule has 8 heteroatoms. The van der Waals surface area contributed by atoms with E-state index >= 15 is 0 Å². The molecule has 0 bridgehead atoms. The van der Waals surface area contributed by atoms with E-state index in [4.69, 9.17) is 9.72 Å². The number of fused-ring (bicyclic) bond motifs is 5. The van der Waals surface area contributed by atoms with E-state index in [1.54, 1.807) is 17.6 Å². The second kappa shape index (κ2) is 8.78. The minimum Gasteiger partial charge on any atom is -0.458 e. The highest BCUT2D eigenvalue weighted by atomic mass is 19.1. The van der Waals surface area contributed by atoms with Crippen LogP contribution in [0.2, 0.25) is 0 Å². The maximum Gasteiger partial charge on any atom is 0.340 e. The van der Waals surface area contributed by atoms with Crippen molar-refractivity contribution in [2.24, 2.45) is 0 Å². The van der Waals surface area contributed by atoms with Crippen LogP contribution in [0.4, 0.5) is 4.39 Å². The van der Waals surface area contributed by atoms with Gasteiger partial charge in [-0.05, 0) is 60.8 Å². The Kier molecular flexibility index (Phi) is 6.00. The van der Waals surface area contributed by atoms with Crippen molar-refractivity contribution in [2.75, 3.05) is 6.61 Å². The van der Waals surface area contributed by atoms with Crippen molar-refractivity contribution in [3.63, 3.8) is 0 Å². The maximum absolute atomic E-state index is 14.9. The van der Waals surface area contributed by atoms with E-state index < -0.39 is 12.1 Å². The molecule has 2 aromatic heterocycles. The van der Waals surface area contributed by atoms with Crippen LogP contribution in [0.15, 0.2) is 16.9 Å². The van der Waals surface area contributed by atoms with E-state index in [2.05, 4.69) is 6.92 Å². The Labute approximate surface area is 208 Å². The van der Waals surface area contributed by atoms with Gasteiger partial charge in [-0.1, -0.05) is 20.8 Å². The second-order valence-electron chi connectivity index (χ2n) is 9.64. The van der Waals surface area contributed by atoms with Gasteiger partial charge >= 0.3 is 5.97 Å². The lowest BCUT2D eigenvalue weighted by molar-refractivity contribution is -0.157. The number of halogens is 1. The summed E-state index contributed by atoms with van der Waals surface area (Å²) in [4.78, 5) is 30.2. The summed E-state index contributed by atoms with van der Waals surface area (Å²) in [6, 6.07) is 3.10. The average Bonchev–Trinajstić information content (AvgIpc) is 3.25. The predicted molar refractivity (Wildman–Crippen MR) is 133 cm³/mol. The van der Waals surface area contributed by atoms with Crippen LogP contribution in [0, 0.1) is 12.7 Å². The van der Waals surface area contributed by atoms with Crippen molar-refractivity contribution >= 4 is 16.9 Å². The molecular formula is C28H31FN2O5.